The Kier molecular flexibility index (Phi) is 6.37. The molecule has 1 aliphatic rings. The summed E-state index contributed by atoms with van der Waals surface area (Å²) in [4.78, 5) is 36.9. The van der Waals surface area contributed by atoms with E-state index in [9.17, 15) is 14.4 Å². The number of amides is 2. The van der Waals surface area contributed by atoms with Gasteiger partial charge in [0, 0.05) is 32.7 Å². The molecular weight excluding hydrogens is 326 g/mol. The van der Waals surface area contributed by atoms with E-state index in [0.29, 0.717) is 12.5 Å². The number of piperidine rings is 1. The molecule has 1 aromatic heterocycles. The SMILES string of the molecule is COC(=O)N[C@@H](C)C(=O)NCC1CCN(c2cnn(C)c(=O)c2)CC1. The molecule has 9 nitrogen and oxygen atoms in total. The summed E-state index contributed by atoms with van der Waals surface area (Å²) < 4.78 is 5.77. The van der Waals surface area contributed by atoms with Gasteiger partial charge in [0.15, 0.2) is 0 Å². The van der Waals surface area contributed by atoms with Crippen molar-refractivity contribution in [2.45, 2.75) is 25.8 Å². The van der Waals surface area contributed by atoms with E-state index in [4.69, 9.17) is 0 Å². The van der Waals surface area contributed by atoms with E-state index in [1.165, 1.54) is 11.8 Å². The molecule has 9 heteroatoms. The number of aryl methyl sites for hydroxylation is 1. The molecule has 0 bridgehead atoms. The van der Waals surface area contributed by atoms with Crippen molar-refractivity contribution in [2.75, 3.05) is 31.6 Å². The highest BCUT2D eigenvalue weighted by molar-refractivity contribution is 5.85. The summed E-state index contributed by atoms with van der Waals surface area (Å²) in [5, 5.41) is 9.34. The van der Waals surface area contributed by atoms with E-state index in [1.807, 2.05) is 0 Å². The number of ether oxygens (including phenoxy) is 1. The smallest absolute Gasteiger partial charge is 0.407 e. The summed E-state index contributed by atoms with van der Waals surface area (Å²) >= 11 is 0. The zero-order valence-corrected chi connectivity index (χ0v) is 14.8. The van der Waals surface area contributed by atoms with Crippen LogP contribution in [0.3, 0.4) is 0 Å². The van der Waals surface area contributed by atoms with Crippen molar-refractivity contribution in [1.82, 2.24) is 20.4 Å². The van der Waals surface area contributed by atoms with Crippen LogP contribution in [0.2, 0.25) is 0 Å². The second-order valence-electron chi connectivity index (χ2n) is 6.21. The van der Waals surface area contributed by atoms with Gasteiger partial charge in [-0.1, -0.05) is 0 Å². The van der Waals surface area contributed by atoms with Crippen LogP contribution in [-0.4, -0.2) is 54.6 Å². The van der Waals surface area contributed by atoms with Gasteiger partial charge in [0.2, 0.25) is 5.91 Å². The van der Waals surface area contributed by atoms with E-state index in [0.717, 1.165) is 31.6 Å². The largest absolute Gasteiger partial charge is 0.453 e. The topological polar surface area (TPSA) is 106 Å². The molecule has 2 rings (SSSR count). The van der Waals surface area contributed by atoms with Gasteiger partial charge in [0.25, 0.3) is 5.56 Å². The Bertz CT molecular complexity index is 667. The molecule has 1 fully saturated rings. The van der Waals surface area contributed by atoms with Crippen molar-refractivity contribution in [2.24, 2.45) is 13.0 Å². The molecule has 2 amide bonds. The van der Waals surface area contributed by atoms with Crippen molar-refractivity contribution in [3.8, 4) is 0 Å². The number of hydrogen-bond acceptors (Lipinski definition) is 6. The number of aromatic nitrogens is 2. The standard InChI is InChI=1S/C16H25N5O4/c1-11(19-16(24)25-3)15(23)17-9-12-4-6-21(7-5-12)13-8-14(22)20(2)18-10-13/h8,10-12H,4-7,9H2,1-3H3,(H,17,23)(H,19,24)/t11-/m0/s1. The maximum Gasteiger partial charge on any atom is 0.407 e. The van der Waals surface area contributed by atoms with Gasteiger partial charge >= 0.3 is 6.09 Å². The van der Waals surface area contributed by atoms with E-state index < -0.39 is 12.1 Å². The Morgan fingerprint density at radius 3 is 2.68 bits per heavy atom. The highest BCUT2D eigenvalue weighted by Gasteiger charge is 2.22. The van der Waals surface area contributed by atoms with Crippen LogP contribution in [-0.2, 0) is 16.6 Å². The zero-order valence-electron chi connectivity index (χ0n) is 14.8. The van der Waals surface area contributed by atoms with Crippen LogP contribution in [0, 0.1) is 5.92 Å². The molecule has 2 heterocycles. The highest BCUT2D eigenvalue weighted by Crippen LogP contribution is 2.21. The third-order valence-electron chi connectivity index (χ3n) is 4.41. The molecule has 1 saturated heterocycles. The van der Waals surface area contributed by atoms with Gasteiger partial charge < -0.3 is 20.3 Å². The maximum absolute atomic E-state index is 12.0. The van der Waals surface area contributed by atoms with E-state index in [1.54, 1.807) is 26.2 Å². The van der Waals surface area contributed by atoms with E-state index in [2.05, 4.69) is 25.4 Å². The number of rotatable bonds is 5. The van der Waals surface area contributed by atoms with Crippen LogP contribution in [0.15, 0.2) is 17.1 Å². The van der Waals surface area contributed by atoms with Crippen LogP contribution < -0.4 is 21.1 Å². The lowest BCUT2D eigenvalue weighted by Gasteiger charge is -2.33. The fraction of sp³-hybridized carbons (Fsp3) is 0.625. The van der Waals surface area contributed by atoms with Gasteiger partial charge in [0.05, 0.1) is 19.0 Å². The van der Waals surface area contributed by atoms with Crippen molar-refractivity contribution in [3.05, 3.63) is 22.6 Å². The van der Waals surface area contributed by atoms with Gasteiger partial charge in [-0.15, -0.1) is 0 Å². The lowest BCUT2D eigenvalue weighted by molar-refractivity contribution is -0.122. The predicted molar refractivity (Wildman–Crippen MR) is 92.4 cm³/mol. The van der Waals surface area contributed by atoms with Crippen molar-refractivity contribution in [1.29, 1.82) is 0 Å². The normalized spacial score (nSPS) is 16.2. The average Bonchev–Trinajstić information content (AvgIpc) is 2.62. The molecule has 0 unspecified atom stereocenters. The summed E-state index contributed by atoms with van der Waals surface area (Å²) in [6, 6.07) is 0.953. The number of alkyl carbamates (subject to hydrolysis) is 1. The number of hydrogen-bond donors (Lipinski definition) is 2. The molecule has 0 saturated carbocycles. The Morgan fingerprint density at radius 2 is 2.08 bits per heavy atom. The number of nitrogens with zero attached hydrogens (tertiary/aromatic N) is 3. The molecule has 0 aromatic carbocycles. The monoisotopic (exact) mass is 351 g/mol. The first-order valence-corrected chi connectivity index (χ1v) is 8.31. The molecule has 2 N–H and O–H groups in total. The minimum absolute atomic E-state index is 0.126. The molecule has 1 aliphatic heterocycles. The molecule has 0 spiro atoms. The third-order valence-corrected chi connectivity index (χ3v) is 4.41. The Morgan fingerprint density at radius 1 is 1.40 bits per heavy atom. The summed E-state index contributed by atoms with van der Waals surface area (Å²) in [7, 11) is 2.88. The van der Waals surface area contributed by atoms with Crippen molar-refractivity contribution in [3.63, 3.8) is 0 Å². The molecule has 25 heavy (non-hydrogen) atoms. The third kappa shape index (κ3) is 5.20. The van der Waals surface area contributed by atoms with Crippen LogP contribution in [0.4, 0.5) is 10.5 Å². The van der Waals surface area contributed by atoms with Crippen LogP contribution in [0.25, 0.3) is 0 Å². The van der Waals surface area contributed by atoms with Gasteiger partial charge in [-0.2, -0.15) is 5.10 Å². The first kappa shape index (κ1) is 18.8. The molecule has 0 aliphatic carbocycles. The fourth-order valence-corrected chi connectivity index (χ4v) is 2.73. The number of nitrogens with one attached hydrogen (secondary N) is 2. The molecule has 138 valence electrons. The molecule has 0 radical (unpaired) electrons. The van der Waals surface area contributed by atoms with Crippen LogP contribution in [0.1, 0.15) is 19.8 Å². The molecular formula is C16H25N5O4. The van der Waals surface area contributed by atoms with Crippen LogP contribution >= 0.6 is 0 Å². The molecule has 1 aromatic rings. The highest BCUT2D eigenvalue weighted by atomic mass is 16.5. The zero-order chi connectivity index (χ0) is 18.4. The van der Waals surface area contributed by atoms with Crippen molar-refractivity contribution >= 4 is 17.7 Å². The first-order valence-electron chi connectivity index (χ1n) is 8.31. The van der Waals surface area contributed by atoms with Crippen molar-refractivity contribution < 1.29 is 14.3 Å². The second kappa shape index (κ2) is 8.50. The van der Waals surface area contributed by atoms with Gasteiger partial charge in [-0.3, -0.25) is 9.59 Å². The van der Waals surface area contributed by atoms with Crippen LogP contribution in [0.5, 0.6) is 0 Å². The predicted octanol–water partition coefficient (Wildman–Crippen LogP) is -0.143. The summed E-state index contributed by atoms with van der Waals surface area (Å²) in [6.45, 7) is 3.79. The Hall–Kier alpha value is -2.58. The van der Waals surface area contributed by atoms with Gasteiger partial charge in [0.1, 0.15) is 6.04 Å². The second-order valence-corrected chi connectivity index (χ2v) is 6.21. The number of carbonyl (C=O) groups excluding carboxylic acids is 2. The number of anilines is 1. The average molecular weight is 351 g/mol. The fourth-order valence-electron chi connectivity index (χ4n) is 2.73. The first-order chi connectivity index (χ1) is 11.9. The number of methoxy groups -OCH3 is 1. The van der Waals surface area contributed by atoms with E-state index in [-0.39, 0.29) is 11.5 Å². The summed E-state index contributed by atoms with van der Waals surface area (Å²) in [5.41, 5.74) is 0.709. The quantitative estimate of drug-likeness (QED) is 0.765. The van der Waals surface area contributed by atoms with E-state index >= 15 is 0 Å². The summed E-state index contributed by atoms with van der Waals surface area (Å²) in [5.74, 6) is 0.133. The Balaban J connectivity index is 1.76. The van der Waals surface area contributed by atoms with Gasteiger partial charge in [-0.05, 0) is 25.7 Å². The lowest BCUT2D eigenvalue weighted by Crippen LogP contribution is -2.47. The number of carbonyl (C=O) groups is 2. The molecule has 1 atom stereocenters. The minimum atomic E-state index is -0.640. The minimum Gasteiger partial charge on any atom is -0.453 e. The summed E-state index contributed by atoms with van der Waals surface area (Å²) in [6.07, 6.45) is 2.89. The van der Waals surface area contributed by atoms with Gasteiger partial charge in [-0.25, -0.2) is 9.48 Å². The Labute approximate surface area is 146 Å². The maximum atomic E-state index is 12.0. The lowest BCUT2D eigenvalue weighted by atomic mass is 9.96.